The van der Waals surface area contributed by atoms with Gasteiger partial charge in [0.15, 0.2) is 0 Å². The maximum Gasteiger partial charge on any atom is 0.138 e. The highest BCUT2D eigenvalue weighted by Crippen LogP contribution is 2.19. The van der Waals surface area contributed by atoms with Crippen molar-refractivity contribution in [1.82, 2.24) is 9.38 Å². The average Bonchev–Trinajstić information content (AvgIpc) is 2.65. The smallest absolute Gasteiger partial charge is 0.138 e. The standard InChI is InChI=1S/C12H16ClN3/c1-12(2,6-7-13)15-11-5-3-4-10-14-8-9-16(10)11/h3-5,8-9,15H,6-7H2,1-2H3. The number of anilines is 1. The molecule has 86 valence electrons. The van der Waals surface area contributed by atoms with Crippen LogP contribution in [0.3, 0.4) is 0 Å². The molecule has 16 heavy (non-hydrogen) atoms. The van der Waals surface area contributed by atoms with Gasteiger partial charge >= 0.3 is 0 Å². The number of aromatic nitrogens is 2. The Labute approximate surface area is 100 Å². The van der Waals surface area contributed by atoms with Crippen LogP contribution in [0, 0.1) is 0 Å². The van der Waals surface area contributed by atoms with E-state index in [9.17, 15) is 0 Å². The molecular formula is C12H16ClN3. The van der Waals surface area contributed by atoms with E-state index in [1.165, 1.54) is 0 Å². The molecule has 0 spiro atoms. The normalized spacial score (nSPS) is 11.9. The van der Waals surface area contributed by atoms with Crippen molar-refractivity contribution in [3.05, 3.63) is 30.6 Å². The predicted octanol–water partition coefficient (Wildman–Crippen LogP) is 3.15. The van der Waals surface area contributed by atoms with Crippen molar-refractivity contribution in [2.24, 2.45) is 0 Å². The minimum atomic E-state index is -0.0136. The predicted molar refractivity (Wildman–Crippen MR) is 68.2 cm³/mol. The Balaban J connectivity index is 2.30. The van der Waals surface area contributed by atoms with Gasteiger partial charge in [0.05, 0.1) is 0 Å². The summed E-state index contributed by atoms with van der Waals surface area (Å²) in [7, 11) is 0. The number of hydrogen-bond donors (Lipinski definition) is 1. The highest BCUT2D eigenvalue weighted by atomic mass is 35.5. The van der Waals surface area contributed by atoms with Crippen molar-refractivity contribution in [3.8, 4) is 0 Å². The molecule has 0 aromatic carbocycles. The van der Waals surface area contributed by atoms with Crippen LogP contribution >= 0.6 is 11.6 Å². The van der Waals surface area contributed by atoms with Gasteiger partial charge in [-0.15, -0.1) is 11.6 Å². The minimum Gasteiger partial charge on any atom is -0.366 e. The Morgan fingerprint density at radius 3 is 3.00 bits per heavy atom. The van der Waals surface area contributed by atoms with Crippen molar-refractivity contribution >= 4 is 23.1 Å². The molecule has 1 N–H and O–H groups in total. The number of pyridine rings is 1. The molecular weight excluding hydrogens is 222 g/mol. The molecule has 0 bridgehead atoms. The van der Waals surface area contributed by atoms with Crippen molar-refractivity contribution in [2.45, 2.75) is 25.8 Å². The molecule has 4 heteroatoms. The number of imidazole rings is 1. The Bertz CT molecular complexity index is 476. The molecule has 0 amide bonds. The van der Waals surface area contributed by atoms with E-state index < -0.39 is 0 Å². The van der Waals surface area contributed by atoms with Gasteiger partial charge in [0.25, 0.3) is 0 Å². The van der Waals surface area contributed by atoms with E-state index in [1.54, 1.807) is 6.20 Å². The van der Waals surface area contributed by atoms with E-state index in [2.05, 4.69) is 24.1 Å². The second kappa shape index (κ2) is 4.34. The zero-order chi connectivity index (χ0) is 11.6. The first kappa shape index (κ1) is 11.3. The van der Waals surface area contributed by atoms with Crippen molar-refractivity contribution in [2.75, 3.05) is 11.2 Å². The van der Waals surface area contributed by atoms with E-state index in [0.717, 1.165) is 17.9 Å². The molecule has 0 saturated heterocycles. The summed E-state index contributed by atoms with van der Waals surface area (Å²) >= 11 is 5.79. The lowest BCUT2D eigenvalue weighted by molar-refractivity contribution is 0.547. The summed E-state index contributed by atoms with van der Waals surface area (Å²) in [5.41, 5.74) is 0.937. The largest absolute Gasteiger partial charge is 0.366 e. The number of nitrogens with one attached hydrogen (secondary N) is 1. The van der Waals surface area contributed by atoms with Crippen LogP contribution < -0.4 is 5.32 Å². The highest BCUT2D eigenvalue weighted by molar-refractivity contribution is 6.17. The maximum atomic E-state index is 5.79. The molecule has 0 aliphatic heterocycles. The number of rotatable bonds is 4. The highest BCUT2D eigenvalue weighted by Gasteiger charge is 2.17. The summed E-state index contributed by atoms with van der Waals surface area (Å²) in [6.45, 7) is 4.29. The van der Waals surface area contributed by atoms with Gasteiger partial charge in [-0.3, -0.25) is 4.40 Å². The minimum absolute atomic E-state index is 0.0136. The zero-order valence-electron chi connectivity index (χ0n) is 9.57. The Kier molecular flexibility index (Phi) is 3.06. The first-order valence-corrected chi connectivity index (χ1v) is 5.92. The second-order valence-electron chi connectivity index (χ2n) is 4.51. The van der Waals surface area contributed by atoms with Crippen LogP contribution in [0.4, 0.5) is 5.82 Å². The van der Waals surface area contributed by atoms with Gasteiger partial charge in [-0.2, -0.15) is 0 Å². The van der Waals surface area contributed by atoms with E-state index >= 15 is 0 Å². The van der Waals surface area contributed by atoms with Gasteiger partial charge in [0.2, 0.25) is 0 Å². The third kappa shape index (κ3) is 2.30. The summed E-state index contributed by atoms with van der Waals surface area (Å²) in [6.07, 6.45) is 4.67. The SMILES string of the molecule is CC(C)(CCCl)Nc1cccc2nccn12. The van der Waals surface area contributed by atoms with E-state index in [-0.39, 0.29) is 5.54 Å². The molecule has 0 unspecified atom stereocenters. The lowest BCUT2D eigenvalue weighted by Gasteiger charge is -2.27. The maximum absolute atomic E-state index is 5.79. The van der Waals surface area contributed by atoms with Crippen LogP contribution in [0.25, 0.3) is 5.65 Å². The lowest BCUT2D eigenvalue weighted by atomic mass is 10.0. The summed E-state index contributed by atoms with van der Waals surface area (Å²) in [5, 5.41) is 3.49. The van der Waals surface area contributed by atoms with Crippen LogP contribution in [0.5, 0.6) is 0 Å². The van der Waals surface area contributed by atoms with Gasteiger partial charge in [0.1, 0.15) is 11.5 Å². The van der Waals surface area contributed by atoms with Crippen LogP contribution in [0.2, 0.25) is 0 Å². The number of alkyl halides is 1. The molecule has 0 aliphatic carbocycles. The Morgan fingerprint density at radius 2 is 2.25 bits per heavy atom. The van der Waals surface area contributed by atoms with E-state index in [4.69, 9.17) is 11.6 Å². The molecule has 2 heterocycles. The van der Waals surface area contributed by atoms with Crippen molar-refractivity contribution < 1.29 is 0 Å². The topological polar surface area (TPSA) is 29.3 Å². The van der Waals surface area contributed by atoms with Gasteiger partial charge in [0, 0.05) is 23.8 Å². The Hall–Kier alpha value is -1.22. The molecule has 3 nitrogen and oxygen atoms in total. The van der Waals surface area contributed by atoms with Crippen molar-refractivity contribution in [3.63, 3.8) is 0 Å². The fourth-order valence-corrected chi connectivity index (χ4v) is 2.17. The van der Waals surface area contributed by atoms with E-state index in [1.807, 2.05) is 28.8 Å². The van der Waals surface area contributed by atoms with Gasteiger partial charge < -0.3 is 5.32 Å². The number of fused-ring (bicyclic) bond motifs is 1. The van der Waals surface area contributed by atoms with Crippen LogP contribution in [-0.4, -0.2) is 20.8 Å². The van der Waals surface area contributed by atoms with Crippen LogP contribution in [0.1, 0.15) is 20.3 Å². The monoisotopic (exact) mass is 237 g/mol. The molecule has 2 aromatic heterocycles. The quantitative estimate of drug-likeness (QED) is 0.828. The molecule has 2 aromatic rings. The van der Waals surface area contributed by atoms with Gasteiger partial charge in [-0.25, -0.2) is 4.98 Å². The molecule has 2 rings (SSSR count). The van der Waals surface area contributed by atoms with Crippen LogP contribution in [-0.2, 0) is 0 Å². The zero-order valence-corrected chi connectivity index (χ0v) is 10.3. The fraction of sp³-hybridized carbons (Fsp3) is 0.417. The Morgan fingerprint density at radius 1 is 1.44 bits per heavy atom. The molecule has 0 aliphatic rings. The lowest BCUT2D eigenvalue weighted by Crippen LogP contribution is -2.32. The average molecular weight is 238 g/mol. The fourth-order valence-electron chi connectivity index (χ4n) is 1.69. The van der Waals surface area contributed by atoms with Gasteiger partial charge in [-0.1, -0.05) is 6.07 Å². The van der Waals surface area contributed by atoms with E-state index in [0.29, 0.717) is 5.88 Å². The second-order valence-corrected chi connectivity index (χ2v) is 4.89. The summed E-state index contributed by atoms with van der Waals surface area (Å²) < 4.78 is 2.04. The van der Waals surface area contributed by atoms with Crippen molar-refractivity contribution in [1.29, 1.82) is 0 Å². The molecule has 0 radical (unpaired) electrons. The molecule has 0 fully saturated rings. The third-order valence-corrected chi connectivity index (χ3v) is 2.80. The summed E-state index contributed by atoms with van der Waals surface area (Å²) in [6, 6.07) is 6.03. The number of halogens is 1. The third-order valence-electron chi connectivity index (χ3n) is 2.61. The molecule has 0 atom stereocenters. The van der Waals surface area contributed by atoms with Gasteiger partial charge in [-0.05, 0) is 32.4 Å². The number of nitrogens with zero attached hydrogens (tertiary/aromatic N) is 2. The summed E-state index contributed by atoms with van der Waals surface area (Å²) in [5.74, 6) is 1.70. The summed E-state index contributed by atoms with van der Waals surface area (Å²) in [4.78, 5) is 4.25. The first-order chi connectivity index (χ1) is 7.62. The first-order valence-electron chi connectivity index (χ1n) is 5.39. The number of hydrogen-bond acceptors (Lipinski definition) is 2. The van der Waals surface area contributed by atoms with Crippen LogP contribution in [0.15, 0.2) is 30.6 Å². The molecule has 0 saturated carbocycles.